The van der Waals surface area contributed by atoms with E-state index in [0.29, 0.717) is 5.88 Å². The average Bonchev–Trinajstić information content (AvgIpc) is 3.55. The van der Waals surface area contributed by atoms with Gasteiger partial charge in [-0.15, -0.1) is 0 Å². The lowest BCUT2D eigenvalue weighted by Gasteiger charge is -2.16. The van der Waals surface area contributed by atoms with Gasteiger partial charge < -0.3 is 9.64 Å². The maximum absolute atomic E-state index is 12.0. The highest BCUT2D eigenvalue weighted by Crippen LogP contribution is 2.32. The Kier molecular flexibility index (Phi) is 4.99. The molecule has 0 radical (unpaired) electrons. The number of aromatic nitrogens is 4. The van der Waals surface area contributed by atoms with Crippen LogP contribution in [0.5, 0.6) is 5.88 Å². The summed E-state index contributed by atoms with van der Waals surface area (Å²) < 4.78 is 21.2. The Morgan fingerprint density at radius 2 is 1.94 bits per heavy atom. The van der Waals surface area contributed by atoms with Crippen molar-refractivity contribution in [2.24, 2.45) is 0 Å². The van der Waals surface area contributed by atoms with Gasteiger partial charge in [0.15, 0.2) is 16.0 Å². The second-order valence-electron chi connectivity index (χ2n) is 7.24. The molecule has 0 spiro atoms. The Morgan fingerprint density at radius 1 is 1.10 bits per heavy atom. The van der Waals surface area contributed by atoms with Crippen LogP contribution >= 0.6 is 0 Å². The van der Waals surface area contributed by atoms with Gasteiger partial charge >= 0.3 is 0 Å². The van der Waals surface area contributed by atoms with Crippen LogP contribution in [0, 0.1) is 0 Å². The van der Waals surface area contributed by atoms with Crippen LogP contribution in [0.1, 0.15) is 12.8 Å². The Labute approximate surface area is 181 Å². The number of nitrogens with one attached hydrogen (secondary N) is 1. The van der Waals surface area contributed by atoms with Gasteiger partial charge in [-0.25, -0.2) is 18.9 Å². The van der Waals surface area contributed by atoms with Crippen LogP contribution in [0.25, 0.3) is 27.4 Å². The molecule has 5 rings (SSSR count). The molecule has 3 aromatic heterocycles. The van der Waals surface area contributed by atoms with Gasteiger partial charge in [0.05, 0.1) is 19.0 Å². The first-order valence-corrected chi connectivity index (χ1v) is 11.0. The second kappa shape index (κ2) is 7.95. The van der Waals surface area contributed by atoms with Crippen molar-refractivity contribution in [3.8, 4) is 28.3 Å². The fourth-order valence-corrected chi connectivity index (χ4v) is 4.55. The fourth-order valence-electron chi connectivity index (χ4n) is 3.72. The van der Waals surface area contributed by atoms with Crippen LogP contribution in [0.3, 0.4) is 0 Å². The molecule has 0 saturated carbocycles. The lowest BCUT2D eigenvalue weighted by Crippen LogP contribution is -2.18. The normalized spacial score (nSPS) is 18.2. The number of pyridine rings is 2. The molecule has 1 fully saturated rings. The molecule has 0 bridgehead atoms. The van der Waals surface area contributed by atoms with E-state index in [0.717, 1.165) is 41.3 Å². The summed E-state index contributed by atoms with van der Waals surface area (Å²) in [5.74, 6) is 1.03. The summed E-state index contributed by atoms with van der Waals surface area (Å²) in [4.78, 5) is 23.0. The largest absolute Gasteiger partial charge is 0.481 e. The van der Waals surface area contributed by atoms with Crippen molar-refractivity contribution in [3.63, 3.8) is 0 Å². The van der Waals surface area contributed by atoms with Crippen molar-refractivity contribution in [2.45, 2.75) is 12.8 Å². The van der Waals surface area contributed by atoms with Gasteiger partial charge in [0.1, 0.15) is 5.82 Å². The molecule has 3 aromatic rings. The van der Waals surface area contributed by atoms with Crippen LogP contribution in [0.15, 0.2) is 48.9 Å². The van der Waals surface area contributed by atoms with Crippen LogP contribution in [-0.4, -0.2) is 50.1 Å². The van der Waals surface area contributed by atoms with E-state index in [1.165, 1.54) is 23.6 Å². The summed E-state index contributed by atoms with van der Waals surface area (Å²) >= 11 is 0. The minimum absolute atomic E-state index is 0.281. The smallest absolute Gasteiger partial charge is 0.258 e. The van der Waals surface area contributed by atoms with E-state index in [1.54, 1.807) is 19.5 Å². The Morgan fingerprint density at radius 3 is 2.61 bits per heavy atom. The van der Waals surface area contributed by atoms with Gasteiger partial charge in [0, 0.05) is 48.2 Å². The number of carbonyl (C=O) groups excluding carboxylic acids is 1. The Hall–Kier alpha value is -3.53. The van der Waals surface area contributed by atoms with E-state index >= 15 is 0 Å². The van der Waals surface area contributed by atoms with Gasteiger partial charge in [-0.3, -0.25) is 9.52 Å². The summed E-state index contributed by atoms with van der Waals surface area (Å²) in [5.41, 5.74) is 3.13. The predicted octanol–water partition coefficient (Wildman–Crippen LogP) is 2.21. The predicted molar refractivity (Wildman–Crippen MR) is 117 cm³/mol. The maximum atomic E-state index is 12.0. The fraction of sp³-hybridized carbons (Fsp3) is 0.238. The molecule has 5 heterocycles. The number of nitrogens with zero attached hydrogens (tertiary/aromatic N) is 5. The standard InChI is InChI=1S/C21H20N6O3S/c1-30-21-16(15-12-23-27(13-15)20-10-19(28)25-31(20)29)5-6-17(24-21)14-4-7-18(22-11-14)26-8-2-3-9-26/h4-7,10-13H,2-3,8-9H2,1H3,(H,25,28). The molecule has 0 aromatic carbocycles. The highest BCUT2D eigenvalue weighted by molar-refractivity contribution is 7.93. The number of carbonyl (C=O) groups is 1. The second-order valence-corrected chi connectivity index (χ2v) is 8.40. The first-order chi connectivity index (χ1) is 15.1. The lowest BCUT2D eigenvalue weighted by molar-refractivity contribution is -0.114. The number of rotatable bonds is 5. The molecule has 9 nitrogen and oxygen atoms in total. The number of hydrogen-bond acceptors (Lipinski definition) is 7. The number of methoxy groups -OCH3 is 1. The summed E-state index contributed by atoms with van der Waals surface area (Å²) in [5, 5.41) is 4.51. The van der Waals surface area contributed by atoms with Crippen LogP contribution < -0.4 is 14.4 Å². The third-order valence-corrected chi connectivity index (χ3v) is 6.36. The van der Waals surface area contributed by atoms with Gasteiger partial charge in [-0.1, -0.05) is 0 Å². The zero-order valence-corrected chi connectivity index (χ0v) is 17.6. The summed E-state index contributed by atoms with van der Waals surface area (Å²) in [7, 11) is -0.0575. The molecule has 2 aliphatic rings. The van der Waals surface area contributed by atoms with Crippen LogP contribution in [0.4, 0.5) is 5.82 Å². The van der Waals surface area contributed by atoms with Crippen molar-refractivity contribution < 1.29 is 13.7 Å². The summed E-state index contributed by atoms with van der Waals surface area (Å²) in [6, 6.07) is 7.85. The molecule has 158 valence electrons. The van der Waals surface area contributed by atoms with Gasteiger partial charge in [0.25, 0.3) is 5.91 Å². The minimum atomic E-state index is -1.62. The number of hydrogen-bond donors (Lipinski definition) is 1. The third-order valence-electron chi connectivity index (χ3n) is 5.28. The quantitative estimate of drug-likeness (QED) is 0.654. The molecule has 2 aliphatic heterocycles. The first-order valence-electron chi connectivity index (χ1n) is 9.88. The molecule has 10 heteroatoms. The van der Waals surface area contributed by atoms with Crippen molar-refractivity contribution in [2.75, 3.05) is 25.1 Å². The van der Waals surface area contributed by atoms with E-state index in [2.05, 4.69) is 24.7 Å². The van der Waals surface area contributed by atoms with Crippen molar-refractivity contribution in [3.05, 3.63) is 48.9 Å². The van der Waals surface area contributed by atoms with Gasteiger partial charge in [0.2, 0.25) is 5.88 Å². The van der Waals surface area contributed by atoms with Crippen LogP contribution in [-0.2, 0) is 15.8 Å². The van der Waals surface area contributed by atoms with E-state index in [4.69, 9.17) is 4.74 Å². The first kappa shape index (κ1) is 19.4. The minimum Gasteiger partial charge on any atom is -0.481 e. The molecule has 1 amide bonds. The SMILES string of the molecule is COc1nc(-c2ccc(N3CCCC3)nc2)ccc1-c1cnn(C2=CC(=O)NS2=O)c1. The molecule has 31 heavy (non-hydrogen) atoms. The zero-order chi connectivity index (χ0) is 21.4. The molecule has 1 saturated heterocycles. The zero-order valence-electron chi connectivity index (χ0n) is 16.8. The Bertz CT molecular complexity index is 1200. The monoisotopic (exact) mass is 436 g/mol. The molecule has 1 atom stereocenters. The molecule has 1 unspecified atom stereocenters. The topological polar surface area (TPSA) is 102 Å². The maximum Gasteiger partial charge on any atom is 0.258 e. The number of amides is 1. The molecule has 1 N–H and O–H groups in total. The molecular formula is C21H20N6O3S. The highest BCUT2D eigenvalue weighted by Gasteiger charge is 2.22. The van der Waals surface area contributed by atoms with E-state index in [1.807, 2.05) is 30.5 Å². The summed E-state index contributed by atoms with van der Waals surface area (Å²) in [6.07, 6.45) is 8.83. The lowest BCUT2D eigenvalue weighted by atomic mass is 10.1. The average molecular weight is 436 g/mol. The van der Waals surface area contributed by atoms with E-state index in [9.17, 15) is 9.00 Å². The molecule has 0 aliphatic carbocycles. The Balaban J connectivity index is 1.42. The van der Waals surface area contributed by atoms with Crippen molar-refractivity contribution in [1.29, 1.82) is 0 Å². The van der Waals surface area contributed by atoms with E-state index < -0.39 is 16.9 Å². The van der Waals surface area contributed by atoms with Crippen molar-refractivity contribution in [1.82, 2.24) is 24.5 Å². The van der Waals surface area contributed by atoms with E-state index in [-0.39, 0.29) is 5.03 Å². The molecular weight excluding hydrogens is 416 g/mol. The number of anilines is 1. The number of ether oxygens (including phenoxy) is 1. The highest BCUT2D eigenvalue weighted by atomic mass is 32.2. The van der Waals surface area contributed by atoms with Crippen molar-refractivity contribution >= 4 is 27.7 Å². The van der Waals surface area contributed by atoms with Gasteiger partial charge in [-0.2, -0.15) is 5.10 Å². The summed E-state index contributed by atoms with van der Waals surface area (Å²) in [6.45, 7) is 2.10. The van der Waals surface area contributed by atoms with Crippen LogP contribution in [0.2, 0.25) is 0 Å². The van der Waals surface area contributed by atoms with Gasteiger partial charge in [-0.05, 0) is 37.1 Å². The third kappa shape index (κ3) is 3.70.